The van der Waals surface area contributed by atoms with E-state index in [2.05, 4.69) is 0 Å². The highest BCUT2D eigenvalue weighted by atomic mass is 32.2. The first kappa shape index (κ1) is 17.2. The van der Waals surface area contributed by atoms with Crippen LogP contribution in [-0.2, 0) is 19.7 Å². The number of piperidine rings is 1. The molecule has 132 valence electrons. The van der Waals surface area contributed by atoms with Crippen molar-refractivity contribution in [2.24, 2.45) is 11.8 Å². The first-order valence-electron chi connectivity index (χ1n) is 8.81. The molecule has 3 fully saturated rings. The summed E-state index contributed by atoms with van der Waals surface area (Å²) in [5.41, 5.74) is 0. The number of methoxy groups -OCH3 is 1. The van der Waals surface area contributed by atoms with Gasteiger partial charge in [-0.15, -0.1) is 0 Å². The molecule has 2 heterocycles. The van der Waals surface area contributed by atoms with E-state index in [-0.39, 0.29) is 24.0 Å². The second-order valence-corrected chi connectivity index (χ2v) is 9.06. The van der Waals surface area contributed by atoms with Crippen molar-refractivity contribution in [3.8, 4) is 0 Å². The molecule has 0 amide bonds. The predicted octanol–water partition coefficient (Wildman–Crippen LogP) is 1.77. The summed E-state index contributed by atoms with van der Waals surface area (Å²) in [4.78, 5) is 11.6. The Bertz CT molecular complexity index is 542. The molecular formula is C16H28N2O4S. The zero-order valence-electron chi connectivity index (χ0n) is 14.1. The van der Waals surface area contributed by atoms with Crippen LogP contribution >= 0.6 is 0 Å². The van der Waals surface area contributed by atoms with Gasteiger partial charge in [-0.2, -0.15) is 17.0 Å². The molecule has 3 rings (SSSR count). The van der Waals surface area contributed by atoms with Gasteiger partial charge in [0.15, 0.2) is 0 Å². The summed E-state index contributed by atoms with van der Waals surface area (Å²) in [6.07, 6.45) is 6.61. The standard InChI is InChI=1S/C16H28N2O4S/c1-12-11-14-5-3-4-6-15(14)18(12)23(20,21)17-9-7-13(8-10-17)16(19)22-2/h12-15H,3-11H2,1-2H3/t12-,14-,15-/m1/s1. The highest BCUT2D eigenvalue weighted by Crippen LogP contribution is 2.42. The molecule has 3 atom stereocenters. The van der Waals surface area contributed by atoms with Gasteiger partial charge >= 0.3 is 5.97 Å². The SMILES string of the molecule is COC(=O)C1CCN(S(=O)(=O)N2[C@H](C)C[C@H]3CCCC[C@H]32)CC1. The van der Waals surface area contributed by atoms with Crippen molar-refractivity contribution in [1.82, 2.24) is 8.61 Å². The molecule has 0 bridgehead atoms. The monoisotopic (exact) mass is 344 g/mol. The van der Waals surface area contributed by atoms with Gasteiger partial charge in [-0.1, -0.05) is 12.8 Å². The molecule has 2 saturated heterocycles. The van der Waals surface area contributed by atoms with E-state index in [9.17, 15) is 13.2 Å². The molecule has 0 unspecified atom stereocenters. The molecule has 0 aromatic rings. The van der Waals surface area contributed by atoms with E-state index in [1.165, 1.54) is 13.5 Å². The minimum atomic E-state index is -3.42. The van der Waals surface area contributed by atoms with E-state index in [0.29, 0.717) is 31.8 Å². The third-order valence-electron chi connectivity index (χ3n) is 5.86. The largest absolute Gasteiger partial charge is 0.469 e. The highest BCUT2D eigenvalue weighted by molar-refractivity contribution is 7.86. The molecule has 0 spiro atoms. The molecule has 6 nitrogen and oxygen atoms in total. The summed E-state index contributed by atoms with van der Waals surface area (Å²) in [6.45, 7) is 2.88. The molecule has 3 aliphatic rings. The Morgan fingerprint density at radius 3 is 2.39 bits per heavy atom. The first-order chi connectivity index (χ1) is 10.9. The van der Waals surface area contributed by atoms with E-state index < -0.39 is 10.2 Å². The summed E-state index contributed by atoms with van der Waals surface area (Å²) in [5, 5.41) is 0. The number of carbonyl (C=O) groups excluding carboxylic acids is 1. The van der Waals surface area contributed by atoms with Crippen LogP contribution in [0.4, 0.5) is 0 Å². The Morgan fingerprint density at radius 2 is 1.74 bits per heavy atom. The minimum Gasteiger partial charge on any atom is -0.469 e. The molecule has 0 aromatic heterocycles. The molecule has 1 aliphatic carbocycles. The molecule has 0 aromatic carbocycles. The fourth-order valence-electron chi connectivity index (χ4n) is 4.69. The van der Waals surface area contributed by atoms with Crippen LogP contribution in [0.15, 0.2) is 0 Å². The van der Waals surface area contributed by atoms with Crippen LogP contribution in [-0.4, -0.2) is 55.3 Å². The Balaban J connectivity index is 1.71. The number of esters is 1. The number of rotatable bonds is 3. The van der Waals surface area contributed by atoms with Crippen molar-refractivity contribution in [1.29, 1.82) is 0 Å². The Kier molecular flexibility index (Phi) is 4.99. The highest BCUT2D eigenvalue weighted by Gasteiger charge is 2.48. The van der Waals surface area contributed by atoms with Crippen LogP contribution in [0.1, 0.15) is 51.9 Å². The lowest BCUT2D eigenvalue weighted by atomic mass is 9.85. The topological polar surface area (TPSA) is 66.9 Å². The average Bonchev–Trinajstić information content (AvgIpc) is 2.90. The molecule has 1 saturated carbocycles. The van der Waals surface area contributed by atoms with Crippen LogP contribution in [0.5, 0.6) is 0 Å². The predicted molar refractivity (Wildman–Crippen MR) is 86.9 cm³/mol. The van der Waals surface area contributed by atoms with Crippen LogP contribution in [0.3, 0.4) is 0 Å². The normalized spacial score (nSPS) is 34.3. The Hall–Kier alpha value is -0.660. The average molecular weight is 344 g/mol. The fraction of sp³-hybridized carbons (Fsp3) is 0.938. The minimum absolute atomic E-state index is 0.0893. The summed E-state index contributed by atoms with van der Waals surface area (Å²) < 4.78 is 34.4. The quantitative estimate of drug-likeness (QED) is 0.732. The van der Waals surface area contributed by atoms with E-state index in [0.717, 1.165) is 25.7 Å². The number of hydrogen-bond acceptors (Lipinski definition) is 4. The van der Waals surface area contributed by atoms with Crippen LogP contribution in [0.2, 0.25) is 0 Å². The number of hydrogen-bond donors (Lipinski definition) is 0. The molecule has 0 N–H and O–H groups in total. The zero-order valence-corrected chi connectivity index (χ0v) is 14.9. The maximum atomic E-state index is 13.1. The molecule has 23 heavy (non-hydrogen) atoms. The van der Waals surface area contributed by atoms with Crippen molar-refractivity contribution < 1.29 is 17.9 Å². The van der Waals surface area contributed by atoms with Crippen LogP contribution in [0, 0.1) is 11.8 Å². The second-order valence-electron chi connectivity index (χ2n) is 7.23. The van der Waals surface area contributed by atoms with Gasteiger partial charge in [0.25, 0.3) is 10.2 Å². The summed E-state index contributed by atoms with van der Waals surface area (Å²) in [7, 11) is -2.03. The lowest BCUT2D eigenvalue weighted by Gasteiger charge is -2.38. The lowest BCUT2D eigenvalue weighted by molar-refractivity contribution is -0.146. The smallest absolute Gasteiger partial charge is 0.308 e. The summed E-state index contributed by atoms with van der Waals surface area (Å²) in [6, 6.07) is 0.272. The van der Waals surface area contributed by atoms with Gasteiger partial charge in [0.1, 0.15) is 0 Å². The molecule has 2 aliphatic heterocycles. The first-order valence-corrected chi connectivity index (χ1v) is 10.2. The van der Waals surface area contributed by atoms with E-state index >= 15 is 0 Å². The third-order valence-corrected chi connectivity index (χ3v) is 8.04. The van der Waals surface area contributed by atoms with Crippen LogP contribution < -0.4 is 0 Å². The van der Waals surface area contributed by atoms with Gasteiger partial charge in [0, 0.05) is 25.2 Å². The van der Waals surface area contributed by atoms with E-state index in [1.54, 1.807) is 8.61 Å². The van der Waals surface area contributed by atoms with Gasteiger partial charge < -0.3 is 4.74 Å². The number of ether oxygens (including phenoxy) is 1. The zero-order chi connectivity index (χ0) is 16.6. The molecule has 7 heteroatoms. The molecule has 0 radical (unpaired) electrons. The third kappa shape index (κ3) is 3.15. The van der Waals surface area contributed by atoms with Gasteiger partial charge in [0.2, 0.25) is 0 Å². The van der Waals surface area contributed by atoms with Crippen LogP contribution in [0.25, 0.3) is 0 Å². The van der Waals surface area contributed by atoms with E-state index in [4.69, 9.17) is 4.74 Å². The Labute approximate surface area is 139 Å². The second kappa shape index (κ2) is 6.69. The van der Waals surface area contributed by atoms with Gasteiger partial charge in [-0.05, 0) is 44.9 Å². The van der Waals surface area contributed by atoms with Crippen molar-refractivity contribution in [3.05, 3.63) is 0 Å². The van der Waals surface area contributed by atoms with Gasteiger partial charge in [-0.3, -0.25) is 4.79 Å². The fourth-order valence-corrected chi connectivity index (χ4v) is 6.79. The van der Waals surface area contributed by atoms with Gasteiger partial charge in [0.05, 0.1) is 13.0 Å². The lowest BCUT2D eigenvalue weighted by Crippen LogP contribution is -2.52. The van der Waals surface area contributed by atoms with Crippen molar-refractivity contribution in [2.75, 3.05) is 20.2 Å². The maximum absolute atomic E-state index is 13.1. The Morgan fingerprint density at radius 1 is 1.09 bits per heavy atom. The van der Waals surface area contributed by atoms with Crippen molar-refractivity contribution >= 4 is 16.2 Å². The van der Waals surface area contributed by atoms with Crippen molar-refractivity contribution in [2.45, 2.75) is 64.0 Å². The van der Waals surface area contributed by atoms with Crippen molar-refractivity contribution in [3.63, 3.8) is 0 Å². The number of fused-ring (bicyclic) bond motifs is 1. The number of carbonyl (C=O) groups is 1. The summed E-state index contributed by atoms with van der Waals surface area (Å²) >= 11 is 0. The van der Waals surface area contributed by atoms with Gasteiger partial charge in [-0.25, -0.2) is 0 Å². The van der Waals surface area contributed by atoms with E-state index in [1.807, 2.05) is 6.92 Å². The number of nitrogens with zero attached hydrogens (tertiary/aromatic N) is 2. The molecular weight excluding hydrogens is 316 g/mol. The summed E-state index contributed by atoms with van der Waals surface area (Å²) in [5.74, 6) is 0.148. The maximum Gasteiger partial charge on any atom is 0.308 e.